The van der Waals surface area contributed by atoms with Crippen molar-refractivity contribution < 1.29 is 9.47 Å². The molecule has 1 heterocycles. The number of rotatable bonds is 5. The summed E-state index contributed by atoms with van der Waals surface area (Å²) in [7, 11) is 0. The van der Waals surface area contributed by atoms with Gasteiger partial charge in [-0.2, -0.15) is 0 Å². The summed E-state index contributed by atoms with van der Waals surface area (Å²) >= 11 is 0. The molecular weight excluding hydrogens is 228 g/mol. The van der Waals surface area contributed by atoms with Crippen LogP contribution in [0.5, 0.6) is 5.75 Å². The fourth-order valence-corrected chi connectivity index (χ4v) is 2.50. The van der Waals surface area contributed by atoms with Gasteiger partial charge < -0.3 is 9.47 Å². The Morgan fingerprint density at radius 2 is 2.33 bits per heavy atom. The third kappa shape index (κ3) is 2.66. The molecule has 0 aromatic heterocycles. The zero-order chi connectivity index (χ0) is 13.0. The van der Waals surface area contributed by atoms with Crippen molar-refractivity contribution in [1.29, 1.82) is 0 Å². The van der Waals surface area contributed by atoms with Gasteiger partial charge in [0.05, 0.1) is 18.8 Å². The van der Waals surface area contributed by atoms with E-state index in [9.17, 15) is 0 Å². The number of fused-ring (bicyclic) bond motifs is 1. The molecule has 0 amide bonds. The summed E-state index contributed by atoms with van der Waals surface area (Å²) in [4.78, 5) is 0. The molecule has 2 unspecified atom stereocenters. The number of aryl methyl sites for hydroxylation is 1. The van der Waals surface area contributed by atoms with Crippen LogP contribution in [0.15, 0.2) is 18.2 Å². The average Bonchev–Trinajstić information content (AvgIpc) is 2.40. The van der Waals surface area contributed by atoms with Crippen molar-refractivity contribution in [3.05, 3.63) is 29.3 Å². The standard InChI is InChI=1S/C14H22N2O2/c1-3-17-10(2)13(16-15)12-8-4-6-11-7-5-9-18-14(11)12/h4,6,8,10,13,16H,3,5,7,9,15H2,1-2H3. The predicted molar refractivity (Wildman–Crippen MR) is 71.4 cm³/mol. The highest BCUT2D eigenvalue weighted by molar-refractivity contribution is 5.44. The molecule has 0 spiro atoms. The van der Waals surface area contributed by atoms with Crippen molar-refractivity contribution in [3.8, 4) is 5.75 Å². The largest absolute Gasteiger partial charge is 0.493 e. The second-order valence-electron chi connectivity index (χ2n) is 4.59. The number of hydrogen-bond donors (Lipinski definition) is 2. The van der Waals surface area contributed by atoms with Crippen LogP contribution < -0.4 is 16.0 Å². The van der Waals surface area contributed by atoms with E-state index in [4.69, 9.17) is 15.3 Å². The molecule has 3 N–H and O–H groups in total. The SMILES string of the molecule is CCOC(C)C(NN)c1cccc2c1OCCC2. The van der Waals surface area contributed by atoms with Gasteiger partial charge in [-0.3, -0.25) is 11.3 Å². The van der Waals surface area contributed by atoms with Crippen molar-refractivity contribution in [2.45, 2.75) is 38.8 Å². The molecule has 0 radical (unpaired) electrons. The lowest BCUT2D eigenvalue weighted by atomic mass is 9.96. The lowest BCUT2D eigenvalue weighted by Gasteiger charge is -2.28. The number of hydrogen-bond acceptors (Lipinski definition) is 4. The van der Waals surface area contributed by atoms with Gasteiger partial charge in [-0.05, 0) is 32.3 Å². The Bertz CT molecular complexity index is 395. The Balaban J connectivity index is 2.30. The van der Waals surface area contributed by atoms with E-state index in [0.717, 1.165) is 30.8 Å². The molecule has 18 heavy (non-hydrogen) atoms. The van der Waals surface area contributed by atoms with Gasteiger partial charge in [0, 0.05) is 12.2 Å². The highest BCUT2D eigenvalue weighted by Gasteiger charge is 2.24. The molecule has 0 saturated heterocycles. The second-order valence-corrected chi connectivity index (χ2v) is 4.59. The summed E-state index contributed by atoms with van der Waals surface area (Å²) in [6.45, 7) is 5.47. The fraction of sp³-hybridized carbons (Fsp3) is 0.571. The molecule has 4 heteroatoms. The first-order chi connectivity index (χ1) is 8.77. The third-order valence-electron chi connectivity index (χ3n) is 3.38. The van der Waals surface area contributed by atoms with Crippen molar-refractivity contribution in [3.63, 3.8) is 0 Å². The highest BCUT2D eigenvalue weighted by atomic mass is 16.5. The Hall–Kier alpha value is -1.10. The van der Waals surface area contributed by atoms with Crippen LogP contribution in [-0.4, -0.2) is 19.3 Å². The van der Waals surface area contributed by atoms with Crippen LogP contribution >= 0.6 is 0 Å². The van der Waals surface area contributed by atoms with Crippen LogP contribution in [0, 0.1) is 0 Å². The third-order valence-corrected chi connectivity index (χ3v) is 3.38. The van der Waals surface area contributed by atoms with Crippen molar-refractivity contribution in [1.82, 2.24) is 5.43 Å². The van der Waals surface area contributed by atoms with Crippen LogP contribution in [0.1, 0.15) is 37.4 Å². The highest BCUT2D eigenvalue weighted by Crippen LogP contribution is 2.34. The number of ether oxygens (including phenoxy) is 2. The quantitative estimate of drug-likeness (QED) is 0.619. The van der Waals surface area contributed by atoms with E-state index in [-0.39, 0.29) is 12.1 Å². The second kappa shape index (κ2) is 6.18. The van der Waals surface area contributed by atoms with Crippen LogP contribution in [-0.2, 0) is 11.2 Å². The van der Waals surface area contributed by atoms with Gasteiger partial charge in [0.15, 0.2) is 0 Å². The minimum atomic E-state index is -0.0435. The molecule has 1 aliphatic rings. The summed E-state index contributed by atoms with van der Waals surface area (Å²) in [6.07, 6.45) is 2.17. The van der Waals surface area contributed by atoms with Crippen LogP contribution in [0.2, 0.25) is 0 Å². The minimum Gasteiger partial charge on any atom is -0.493 e. The topological polar surface area (TPSA) is 56.5 Å². The molecule has 2 atom stereocenters. The Morgan fingerprint density at radius 3 is 3.06 bits per heavy atom. The summed E-state index contributed by atoms with van der Waals surface area (Å²) < 4.78 is 11.5. The van der Waals surface area contributed by atoms with E-state index in [1.54, 1.807) is 0 Å². The monoisotopic (exact) mass is 250 g/mol. The zero-order valence-electron chi connectivity index (χ0n) is 11.1. The summed E-state index contributed by atoms with van der Waals surface area (Å²) in [6, 6.07) is 6.20. The summed E-state index contributed by atoms with van der Waals surface area (Å²) in [5.41, 5.74) is 5.21. The summed E-state index contributed by atoms with van der Waals surface area (Å²) in [5, 5.41) is 0. The maximum Gasteiger partial charge on any atom is 0.127 e. The first-order valence-electron chi connectivity index (χ1n) is 6.60. The number of hydrazine groups is 1. The van der Waals surface area contributed by atoms with Gasteiger partial charge in [0.2, 0.25) is 0 Å². The lowest BCUT2D eigenvalue weighted by Crippen LogP contribution is -2.37. The van der Waals surface area contributed by atoms with E-state index in [0.29, 0.717) is 6.61 Å². The summed E-state index contributed by atoms with van der Waals surface area (Å²) in [5.74, 6) is 6.67. The predicted octanol–water partition coefficient (Wildman–Crippen LogP) is 1.94. The zero-order valence-corrected chi connectivity index (χ0v) is 11.1. The van der Waals surface area contributed by atoms with E-state index >= 15 is 0 Å². The van der Waals surface area contributed by atoms with Crippen LogP contribution in [0.25, 0.3) is 0 Å². The first kappa shape index (κ1) is 13.3. The molecule has 4 nitrogen and oxygen atoms in total. The smallest absolute Gasteiger partial charge is 0.127 e. The van der Waals surface area contributed by atoms with Gasteiger partial charge in [-0.15, -0.1) is 0 Å². The molecule has 0 saturated carbocycles. The van der Waals surface area contributed by atoms with E-state index < -0.39 is 0 Å². The van der Waals surface area contributed by atoms with Gasteiger partial charge >= 0.3 is 0 Å². The molecule has 2 rings (SSSR count). The number of para-hydroxylation sites is 1. The molecule has 0 fully saturated rings. The van der Waals surface area contributed by atoms with Crippen molar-refractivity contribution in [2.24, 2.45) is 5.84 Å². The van der Waals surface area contributed by atoms with Crippen molar-refractivity contribution in [2.75, 3.05) is 13.2 Å². The Kier molecular flexibility index (Phi) is 4.58. The number of benzene rings is 1. The van der Waals surface area contributed by atoms with Gasteiger partial charge in [0.1, 0.15) is 5.75 Å². The molecule has 0 bridgehead atoms. The van der Waals surface area contributed by atoms with Crippen molar-refractivity contribution >= 4 is 0 Å². The molecular formula is C14H22N2O2. The molecule has 1 aromatic rings. The van der Waals surface area contributed by atoms with E-state index in [2.05, 4.69) is 23.6 Å². The molecule has 1 aromatic carbocycles. The number of nitrogens with two attached hydrogens (primary N) is 1. The van der Waals surface area contributed by atoms with Gasteiger partial charge in [-0.25, -0.2) is 0 Å². The number of nitrogens with one attached hydrogen (secondary N) is 1. The lowest BCUT2D eigenvalue weighted by molar-refractivity contribution is 0.0462. The normalized spacial score (nSPS) is 17.7. The van der Waals surface area contributed by atoms with E-state index in [1.807, 2.05) is 13.8 Å². The minimum absolute atomic E-state index is 0.0111. The van der Waals surface area contributed by atoms with Gasteiger partial charge in [-0.1, -0.05) is 18.2 Å². The molecule has 100 valence electrons. The maximum absolute atomic E-state index is 5.81. The fourth-order valence-electron chi connectivity index (χ4n) is 2.50. The first-order valence-corrected chi connectivity index (χ1v) is 6.60. The van der Waals surface area contributed by atoms with Gasteiger partial charge in [0.25, 0.3) is 0 Å². The Labute approximate surface area is 108 Å². The van der Waals surface area contributed by atoms with Crippen LogP contribution in [0.4, 0.5) is 0 Å². The Morgan fingerprint density at radius 1 is 1.50 bits per heavy atom. The van der Waals surface area contributed by atoms with Crippen LogP contribution in [0.3, 0.4) is 0 Å². The molecule has 0 aliphatic carbocycles. The van der Waals surface area contributed by atoms with E-state index in [1.165, 1.54) is 5.56 Å². The average molecular weight is 250 g/mol. The maximum atomic E-state index is 5.81. The molecule has 1 aliphatic heterocycles.